The minimum absolute atomic E-state index is 0.387. The summed E-state index contributed by atoms with van der Waals surface area (Å²) in [5.41, 5.74) is 10.1. The predicted molar refractivity (Wildman–Crippen MR) is 111 cm³/mol. The van der Waals surface area contributed by atoms with Crippen molar-refractivity contribution in [2.45, 2.75) is 13.1 Å². The van der Waals surface area contributed by atoms with Crippen LogP contribution >= 0.6 is 0 Å². The third kappa shape index (κ3) is 5.01. The molecule has 0 saturated carbocycles. The standard InChI is InChI=1S/C22H24N4O2/c1-27-20-10-9-17(13-21(20)28-2)15-26-22(23)25-14-16-6-5-7-18(12-16)19-8-3-4-11-24-19/h3-13H,14-15H2,1-2H3,(H3,23,25,26). The molecule has 3 rings (SSSR count). The average molecular weight is 376 g/mol. The quantitative estimate of drug-likeness (QED) is 0.488. The molecule has 1 heterocycles. The van der Waals surface area contributed by atoms with E-state index in [4.69, 9.17) is 15.2 Å². The Kier molecular flexibility index (Phi) is 6.46. The number of methoxy groups -OCH3 is 2. The van der Waals surface area contributed by atoms with Crippen molar-refractivity contribution in [3.05, 3.63) is 78.0 Å². The van der Waals surface area contributed by atoms with E-state index in [-0.39, 0.29) is 0 Å². The molecule has 3 aromatic rings. The van der Waals surface area contributed by atoms with Crippen LogP contribution in [0.5, 0.6) is 11.5 Å². The molecule has 0 amide bonds. The van der Waals surface area contributed by atoms with Gasteiger partial charge in [0, 0.05) is 18.3 Å². The molecule has 3 N–H and O–H groups in total. The lowest BCUT2D eigenvalue weighted by atomic mass is 10.1. The van der Waals surface area contributed by atoms with Gasteiger partial charge in [0.15, 0.2) is 17.5 Å². The zero-order valence-electron chi connectivity index (χ0n) is 16.1. The summed E-state index contributed by atoms with van der Waals surface area (Å²) in [5.74, 6) is 1.77. The molecule has 0 fully saturated rings. The number of nitrogens with one attached hydrogen (secondary N) is 1. The maximum atomic E-state index is 6.02. The Labute approximate surface area is 165 Å². The van der Waals surface area contributed by atoms with Gasteiger partial charge in [0.1, 0.15) is 0 Å². The van der Waals surface area contributed by atoms with Crippen LogP contribution in [-0.2, 0) is 13.1 Å². The molecule has 0 radical (unpaired) electrons. The van der Waals surface area contributed by atoms with E-state index in [0.29, 0.717) is 30.5 Å². The second-order valence-corrected chi connectivity index (χ2v) is 6.16. The van der Waals surface area contributed by atoms with Crippen LogP contribution in [0.2, 0.25) is 0 Å². The topological polar surface area (TPSA) is 81.8 Å². The Morgan fingerprint density at radius 1 is 0.964 bits per heavy atom. The first-order chi connectivity index (χ1) is 13.7. The van der Waals surface area contributed by atoms with Crippen molar-refractivity contribution in [2.24, 2.45) is 10.7 Å². The molecule has 0 aliphatic carbocycles. The van der Waals surface area contributed by atoms with Gasteiger partial charge < -0.3 is 20.5 Å². The summed E-state index contributed by atoms with van der Waals surface area (Å²) < 4.78 is 10.6. The Morgan fingerprint density at radius 2 is 1.82 bits per heavy atom. The summed E-state index contributed by atoms with van der Waals surface area (Å²) in [4.78, 5) is 8.81. The van der Waals surface area contributed by atoms with E-state index in [0.717, 1.165) is 22.4 Å². The number of hydrogen-bond donors (Lipinski definition) is 2. The molecule has 0 bridgehead atoms. The molecule has 28 heavy (non-hydrogen) atoms. The molecule has 6 nitrogen and oxygen atoms in total. The highest BCUT2D eigenvalue weighted by Crippen LogP contribution is 2.27. The van der Waals surface area contributed by atoms with E-state index in [2.05, 4.69) is 21.4 Å². The third-order valence-electron chi connectivity index (χ3n) is 4.24. The fraction of sp³-hybridized carbons (Fsp3) is 0.182. The third-order valence-corrected chi connectivity index (χ3v) is 4.24. The van der Waals surface area contributed by atoms with E-state index in [1.54, 1.807) is 20.4 Å². The van der Waals surface area contributed by atoms with Gasteiger partial charge in [0.05, 0.1) is 26.5 Å². The van der Waals surface area contributed by atoms with Gasteiger partial charge in [-0.3, -0.25) is 4.98 Å². The summed E-state index contributed by atoms with van der Waals surface area (Å²) in [5, 5.41) is 3.12. The number of benzene rings is 2. The number of guanidine groups is 1. The van der Waals surface area contributed by atoms with Crippen LogP contribution in [0.4, 0.5) is 0 Å². The Balaban J connectivity index is 1.61. The van der Waals surface area contributed by atoms with Crippen LogP contribution in [0, 0.1) is 0 Å². The van der Waals surface area contributed by atoms with Gasteiger partial charge >= 0.3 is 0 Å². The summed E-state index contributed by atoms with van der Waals surface area (Å²) in [7, 11) is 3.23. The number of nitrogens with zero attached hydrogens (tertiary/aromatic N) is 2. The van der Waals surface area contributed by atoms with Crippen molar-refractivity contribution in [3.8, 4) is 22.8 Å². The first-order valence-electron chi connectivity index (χ1n) is 8.94. The zero-order chi connectivity index (χ0) is 19.8. The van der Waals surface area contributed by atoms with Crippen LogP contribution in [0.15, 0.2) is 71.9 Å². The molecule has 0 aliphatic heterocycles. The van der Waals surface area contributed by atoms with E-state index >= 15 is 0 Å². The molecule has 6 heteroatoms. The second-order valence-electron chi connectivity index (χ2n) is 6.16. The van der Waals surface area contributed by atoms with Crippen LogP contribution in [-0.4, -0.2) is 25.2 Å². The average Bonchev–Trinajstić information content (AvgIpc) is 2.76. The zero-order valence-corrected chi connectivity index (χ0v) is 16.1. The minimum Gasteiger partial charge on any atom is -0.493 e. The summed E-state index contributed by atoms with van der Waals surface area (Å²) in [6.07, 6.45) is 1.79. The molecular formula is C22H24N4O2. The van der Waals surface area contributed by atoms with Crippen LogP contribution in [0.1, 0.15) is 11.1 Å². The summed E-state index contributed by atoms with van der Waals surface area (Å²) in [6.45, 7) is 1.04. The molecular weight excluding hydrogens is 352 g/mol. The van der Waals surface area contributed by atoms with Gasteiger partial charge in [-0.2, -0.15) is 0 Å². The number of aliphatic imine (C=N–C) groups is 1. The highest BCUT2D eigenvalue weighted by molar-refractivity contribution is 5.77. The Bertz CT molecular complexity index is 942. The van der Waals surface area contributed by atoms with E-state index < -0.39 is 0 Å². The normalized spacial score (nSPS) is 11.1. The first-order valence-corrected chi connectivity index (χ1v) is 8.94. The molecule has 2 aromatic carbocycles. The van der Waals surface area contributed by atoms with Gasteiger partial charge in [0.25, 0.3) is 0 Å². The minimum atomic E-state index is 0.387. The number of hydrogen-bond acceptors (Lipinski definition) is 4. The van der Waals surface area contributed by atoms with Crippen molar-refractivity contribution >= 4 is 5.96 Å². The molecule has 0 atom stereocenters. The van der Waals surface area contributed by atoms with E-state index in [9.17, 15) is 0 Å². The molecule has 0 unspecified atom stereocenters. The summed E-state index contributed by atoms with van der Waals surface area (Å²) in [6, 6.07) is 19.7. The van der Waals surface area contributed by atoms with Crippen molar-refractivity contribution < 1.29 is 9.47 Å². The highest BCUT2D eigenvalue weighted by atomic mass is 16.5. The largest absolute Gasteiger partial charge is 0.493 e. The van der Waals surface area contributed by atoms with Crippen LogP contribution in [0.3, 0.4) is 0 Å². The lowest BCUT2D eigenvalue weighted by Gasteiger charge is -2.10. The maximum absolute atomic E-state index is 6.02. The van der Waals surface area contributed by atoms with Gasteiger partial charge in [-0.25, -0.2) is 4.99 Å². The van der Waals surface area contributed by atoms with E-state index in [1.165, 1.54) is 0 Å². The highest BCUT2D eigenvalue weighted by Gasteiger charge is 2.05. The van der Waals surface area contributed by atoms with Crippen molar-refractivity contribution in [1.82, 2.24) is 10.3 Å². The smallest absolute Gasteiger partial charge is 0.189 e. The molecule has 0 aliphatic rings. The predicted octanol–water partition coefficient (Wildman–Crippen LogP) is 3.37. The first kappa shape index (κ1) is 19.2. The van der Waals surface area contributed by atoms with Crippen molar-refractivity contribution in [3.63, 3.8) is 0 Å². The van der Waals surface area contributed by atoms with Gasteiger partial charge in [-0.15, -0.1) is 0 Å². The van der Waals surface area contributed by atoms with Crippen LogP contribution < -0.4 is 20.5 Å². The molecule has 144 valence electrons. The SMILES string of the molecule is COc1ccc(CNC(N)=NCc2cccc(-c3ccccn3)c2)cc1OC. The summed E-state index contributed by atoms with van der Waals surface area (Å²) >= 11 is 0. The lowest BCUT2D eigenvalue weighted by Crippen LogP contribution is -2.31. The number of aromatic nitrogens is 1. The molecule has 0 spiro atoms. The van der Waals surface area contributed by atoms with Crippen molar-refractivity contribution in [1.29, 1.82) is 0 Å². The lowest BCUT2D eigenvalue weighted by molar-refractivity contribution is 0.354. The Hall–Kier alpha value is -3.54. The van der Waals surface area contributed by atoms with Gasteiger partial charge in [-0.1, -0.05) is 30.3 Å². The second kappa shape index (κ2) is 9.41. The maximum Gasteiger partial charge on any atom is 0.189 e. The van der Waals surface area contributed by atoms with E-state index in [1.807, 2.05) is 54.6 Å². The molecule has 0 saturated heterocycles. The number of pyridine rings is 1. The fourth-order valence-electron chi connectivity index (χ4n) is 2.78. The Morgan fingerprint density at radius 3 is 2.57 bits per heavy atom. The number of ether oxygens (including phenoxy) is 2. The van der Waals surface area contributed by atoms with Gasteiger partial charge in [0.2, 0.25) is 0 Å². The van der Waals surface area contributed by atoms with Crippen LogP contribution in [0.25, 0.3) is 11.3 Å². The number of rotatable bonds is 7. The van der Waals surface area contributed by atoms with Crippen molar-refractivity contribution in [2.75, 3.05) is 14.2 Å². The monoisotopic (exact) mass is 376 g/mol. The molecule has 1 aromatic heterocycles. The van der Waals surface area contributed by atoms with Gasteiger partial charge in [-0.05, 0) is 41.5 Å². The number of nitrogens with two attached hydrogens (primary N) is 1. The fourth-order valence-corrected chi connectivity index (χ4v) is 2.78.